The molecule has 0 amide bonds. The zero-order chi connectivity index (χ0) is 16.7. The van der Waals surface area contributed by atoms with Gasteiger partial charge in [0.1, 0.15) is 23.8 Å². The minimum absolute atomic E-state index is 0.0126. The van der Waals surface area contributed by atoms with Crippen LogP contribution in [0.15, 0.2) is 24.3 Å². The van der Waals surface area contributed by atoms with Crippen molar-refractivity contribution in [2.45, 2.75) is 13.0 Å². The Hall–Kier alpha value is -1.67. The van der Waals surface area contributed by atoms with Gasteiger partial charge in [-0.1, -0.05) is 35.1 Å². The molecule has 2 N–H and O–H groups in total. The summed E-state index contributed by atoms with van der Waals surface area (Å²) in [5.74, 6) is 0.820. The summed E-state index contributed by atoms with van der Waals surface area (Å²) >= 11 is 7.69. The van der Waals surface area contributed by atoms with Crippen LogP contribution in [0.4, 0.5) is 0 Å². The molecule has 0 spiro atoms. The van der Waals surface area contributed by atoms with Crippen molar-refractivity contribution in [1.29, 1.82) is 0 Å². The Morgan fingerprint density at radius 3 is 2.88 bits per heavy atom. The molecule has 1 saturated heterocycles. The van der Waals surface area contributed by atoms with Crippen LogP contribution in [-0.2, 0) is 4.74 Å². The number of aryl methyl sites for hydroxylation is 1. The summed E-state index contributed by atoms with van der Waals surface area (Å²) in [6.07, 6.45) is 0. The van der Waals surface area contributed by atoms with E-state index in [-0.39, 0.29) is 11.9 Å². The Kier molecular flexibility index (Phi) is 4.17. The maximum absolute atomic E-state index is 10.7. The van der Waals surface area contributed by atoms with Gasteiger partial charge in [-0.25, -0.2) is 4.98 Å². The molecule has 1 aliphatic rings. The van der Waals surface area contributed by atoms with Gasteiger partial charge in [0.15, 0.2) is 6.04 Å². The normalized spacial score (nSPS) is 17.4. The third-order valence-electron chi connectivity index (χ3n) is 4.29. The third-order valence-corrected chi connectivity index (χ3v) is 5.61. The van der Waals surface area contributed by atoms with Crippen molar-refractivity contribution >= 4 is 27.9 Å². The van der Waals surface area contributed by atoms with Crippen molar-refractivity contribution in [1.82, 2.24) is 14.6 Å². The average molecular weight is 366 g/mol. The third kappa shape index (κ3) is 2.77. The highest BCUT2D eigenvalue weighted by molar-refractivity contribution is 7.17. The van der Waals surface area contributed by atoms with Gasteiger partial charge in [0.05, 0.1) is 13.2 Å². The van der Waals surface area contributed by atoms with Crippen molar-refractivity contribution in [2.75, 3.05) is 26.3 Å². The second-order valence-corrected chi connectivity index (χ2v) is 7.35. The molecular weight excluding hydrogens is 348 g/mol. The summed E-state index contributed by atoms with van der Waals surface area (Å²) in [6, 6.07) is 7.82. The first kappa shape index (κ1) is 15.8. The minimum Gasteiger partial charge on any atom is -0.492 e. The highest BCUT2D eigenvalue weighted by atomic mass is 35.5. The number of benzene rings is 1. The molecule has 4 rings (SSSR count). The fourth-order valence-electron chi connectivity index (χ4n) is 3.22. The van der Waals surface area contributed by atoms with Crippen LogP contribution in [0.2, 0.25) is 5.02 Å². The summed E-state index contributed by atoms with van der Waals surface area (Å²) in [5, 5.41) is 15.7. The zero-order valence-electron chi connectivity index (χ0n) is 13.2. The first-order valence-corrected chi connectivity index (χ1v) is 9.06. The van der Waals surface area contributed by atoms with E-state index in [1.54, 1.807) is 0 Å². The maximum Gasteiger partial charge on any atom is 0.235 e. The van der Waals surface area contributed by atoms with E-state index in [0.717, 1.165) is 23.5 Å². The average Bonchev–Trinajstić information content (AvgIpc) is 3.07. The van der Waals surface area contributed by atoms with Gasteiger partial charge in [-0.05, 0) is 19.1 Å². The fraction of sp³-hybridized carbons (Fsp3) is 0.375. The number of aromatic hydroxyl groups is 1. The summed E-state index contributed by atoms with van der Waals surface area (Å²) in [7, 11) is 0. The van der Waals surface area contributed by atoms with Gasteiger partial charge in [0, 0.05) is 10.6 Å². The van der Waals surface area contributed by atoms with E-state index in [9.17, 15) is 5.11 Å². The van der Waals surface area contributed by atoms with Crippen molar-refractivity contribution in [2.24, 2.45) is 0 Å². The molecule has 0 aliphatic carbocycles. The highest BCUT2D eigenvalue weighted by Crippen LogP contribution is 2.35. The quantitative estimate of drug-likeness (QED) is 0.737. The zero-order valence-corrected chi connectivity index (χ0v) is 14.8. The summed E-state index contributed by atoms with van der Waals surface area (Å²) in [4.78, 5) is 7.30. The first-order valence-electron chi connectivity index (χ1n) is 7.86. The van der Waals surface area contributed by atoms with Gasteiger partial charge in [0.2, 0.25) is 10.8 Å². The predicted molar refractivity (Wildman–Crippen MR) is 92.1 cm³/mol. The molecule has 8 heteroatoms. The standard InChI is InChI=1S/C16H17ClN4O2S/c1-10-18-16-21(19-10)15(22)14(24-16)13(20-5-7-23-8-6-20)11-3-2-4-12(17)9-11/h2-4,9,13,22H,5-8H2,1H3/p+1/t13-/m0/s1. The number of hydrogen-bond donors (Lipinski definition) is 2. The number of hydrogen-bond acceptors (Lipinski definition) is 5. The van der Waals surface area contributed by atoms with Crippen LogP contribution in [0, 0.1) is 6.92 Å². The first-order chi connectivity index (χ1) is 11.6. The number of rotatable bonds is 3. The lowest BCUT2D eigenvalue weighted by atomic mass is 10.0. The van der Waals surface area contributed by atoms with Crippen LogP contribution in [0.3, 0.4) is 0 Å². The number of aromatic nitrogens is 3. The SMILES string of the molecule is Cc1nc2sc([C@H](c3cccc(Cl)c3)[NH+]3CCOCC3)c(O)n2n1. The monoisotopic (exact) mass is 365 g/mol. The number of morpholine rings is 1. The maximum atomic E-state index is 10.7. The van der Waals surface area contributed by atoms with Gasteiger partial charge in [-0.2, -0.15) is 4.52 Å². The molecule has 0 bridgehead atoms. The number of nitrogens with one attached hydrogen (secondary N) is 1. The molecule has 2 aromatic heterocycles. The van der Waals surface area contributed by atoms with E-state index < -0.39 is 0 Å². The van der Waals surface area contributed by atoms with Crippen LogP contribution in [0.25, 0.3) is 4.96 Å². The second kappa shape index (κ2) is 6.33. The minimum atomic E-state index is -0.0126. The van der Waals surface area contributed by atoms with E-state index >= 15 is 0 Å². The number of quaternary nitrogens is 1. The molecule has 6 nitrogen and oxygen atoms in total. The molecule has 1 fully saturated rings. The number of nitrogens with zero attached hydrogens (tertiary/aromatic N) is 3. The van der Waals surface area contributed by atoms with E-state index in [2.05, 4.69) is 16.1 Å². The van der Waals surface area contributed by atoms with E-state index in [1.807, 2.05) is 25.1 Å². The lowest BCUT2D eigenvalue weighted by Gasteiger charge is -2.31. The number of halogens is 1. The molecule has 0 saturated carbocycles. The Morgan fingerprint density at radius 1 is 1.38 bits per heavy atom. The largest absolute Gasteiger partial charge is 0.492 e. The number of ether oxygens (including phenoxy) is 1. The molecule has 3 heterocycles. The molecule has 0 radical (unpaired) electrons. The van der Waals surface area contributed by atoms with Crippen molar-refractivity contribution < 1.29 is 14.7 Å². The Bertz CT molecular complexity index is 872. The Morgan fingerprint density at radius 2 is 2.17 bits per heavy atom. The molecule has 24 heavy (non-hydrogen) atoms. The summed E-state index contributed by atoms with van der Waals surface area (Å²) < 4.78 is 7.02. The number of thiazole rings is 1. The van der Waals surface area contributed by atoms with Crippen molar-refractivity contribution in [3.63, 3.8) is 0 Å². The molecule has 3 aromatic rings. The molecule has 1 atom stereocenters. The van der Waals surface area contributed by atoms with Gasteiger partial charge >= 0.3 is 0 Å². The summed E-state index contributed by atoms with van der Waals surface area (Å²) in [5.41, 5.74) is 1.08. The Balaban J connectivity index is 1.84. The Labute approximate surface area is 148 Å². The lowest BCUT2D eigenvalue weighted by molar-refractivity contribution is -0.932. The topological polar surface area (TPSA) is 64.1 Å². The van der Waals surface area contributed by atoms with Crippen LogP contribution >= 0.6 is 22.9 Å². The highest BCUT2D eigenvalue weighted by Gasteiger charge is 2.33. The van der Waals surface area contributed by atoms with Gasteiger partial charge in [-0.15, -0.1) is 5.10 Å². The predicted octanol–water partition coefficient (Wildman–Crippen LogP) is 1.46. The second-order valence-electron chi connectivity index (χ2n) is 5.90. The van der Waals surface area contributed by atoms with Gasteiger partial charge in [-0.3, -0.25) is 0 Å². The van der Waals surface area contributed by atoms with Gasteiger partial charge < -0.3 is 14.7 Å². The molecule has 1 aliphatic heterocycles. The fourth-order valence-corrected chi connectivity index (χ4v) is 4.60. The molecule has 0 unspecified atom stereocenters. The van der Waals surface area contributed by atoms with Crippen LogP contribution < -0.4 is 4.90 Å². The molecule has 126 valence electrons. The van der Waals surface area contributed by atoms with Crippen molar-refractivity contribution in [3.8, 4) is 5.88 Å². The van der Waals surface area contributed by atoms with E-state index in [4.69, 9.17) is 16.3 Å². The smallest absolute Gasteiger partial charge is 0.235 e. The van der Waals surface area contributed by atoms with Gasteiger partial charge in [0.25, 0.3) is 0 Å². The number of fused-ring (bicyclic) bond motifs is 1. The lowest BCUT2D eigenvalue weighted by Crippen LogP contribution is -3.14. The van der Waals surface area contributed by atoms with Crippen LogP contribution in [0.5, 0.6) is 5.88 Å². The summed E-state index contributed by atoms with van der Waals surface area (Å²) in [6.45, 7) is 5.01. The van der Waals surface area contributed by atoms with Crippen LogP contribution in [-0.4, -0.2) is 46.0 Å². The van der Waals surface area contributed by atoms with Crippen LogP contribution in [0.1, 0.15) is 22.3 Å². The van der Waals surface area contributed by atoms with E-state index in [0.29, 0.717) is 29.0 Å². The molecule has 1 aromatic carbocycles. The van der Waals surface area contributed by atoms with Crippen molar-refractivity contribution in [3.05, 3.63) is 45.6 Å². The molecular formula is C16H18ClN4O2S+. The van der Waals surface area contributed by atoms with E-state index in [1.165, 1.54) is 20.8 Å².